The predicted molar refractivity (Wildman–Crippen MR) is 190 cm³/mol. The van der Waals surface area contributed by atoms with E-state index in [0.717, 1.165) is 56.3 Å². The molecule has 0 saturated carbocycles. The SMILES string of the molecule is C=CCOC(=O)[C@@H](CSC[C@@H](NC(=O)OCC1c2ccccc2-c2ccccc21)C(=O)O)NC(=O)OCC1c2ccccc2-c2ccccc21. The van der Waals surface area contributed by atoms with Crippen LogP contribution < -0.4 is 10.6 Å². The fourth-order valence-corrected chi connectivity index (χ4v) is 7.51. The van der Waals surface area contributed by atoms with Crippen LogP contribution in [0.25, 0.3) is 22.3 Å². The largest absolute Gasteiger partial charge is 0.480 e. The Kier molecular flexibility index (Phi) is 10.8. The van der Waals surface area contributed by atoms with Gasteiger partial charge in [0.2, 0.25) is 0 Å². The summed E-state index contributed by atoms with van der Waals surface area (Å²) in [5, 5.41) is 14.8. The third-order valence-electron chi connectivity index (χ3n) is 8.77. The van der Waals surface area contributed by atoms with Gasteiger partial charge < -0.3 is 30.0 Å². The molecular formula is C39H36N2O8S. The van der Waals surface area contributed by atoms with Gasteiger partial charge in [0.05, 0.1) is 0 Å². The van der Waals surface area contributed by atoms with Crippen LogP contribution in [0.5, 0.6) is 0 Å². The van der Waals surface area contributed by atoms with Crippen molar-refractivity contribution in [2.24, 2.45) is 0 Å². The van der Waals surface area contributed by atoms with Crippen LogP contribution in [-0.4, -0.2) is 72.6 Å². The molecule has 0 heterocycles. The minimum atomic E-state index is -1.32. The van der Waals surface area contributed by atoms with Crippen molar-refractivity contribution >= 4 is 35.9 Å². The monoisotopic (exact) mass is 692 g/mol. The Morgan fingerprint density at radius 2 is 1.02 bits per heavy atom. The minimum Gasteiger partial charge on any atom is -0.480 e. The van der Waals surface area contributed by atoms with Crippen molar-refractivity contribution in [2.75, 3.05) is 31.3 Å². The first kappa shape index (κ1) is 34.3. The molecule has 50 heavy (non-hydrogen) atoms. The molecule has 256 valence electrons. The summed E-state index contributed by atoms with van der Waals surface area (Å²) in [7, 11) is 0. The molecule has 0 aromatic heterocycles. The molecule has 0 saturated heterocycles. The molecule has 2 atom stereocenters. The van der Waals surface area contributed by atoms with Gasteiger partial charge in [0.1, 0.15) is 31.9 Å². The lowest BCUT2D eigenvalue weighted by molar-refractivity contribution is -0.144. The number of hydrogen-bond donors (Lipinski definition) is 3. The molecule has 0 bridgehead atoms. The van der Waals surface area contributed by atoms with Crippen molar-refractivity contribution in [1.29, 1.82) is 0 Å². The maximum atomic E-state index is 13.0. The fourth-order valence-electron chi connectivity index (χ4n) is 6.45. The highest BCUT2D eigenvalue weighted by atomic mass is 32.2. The number of benzene rings is 4. The molecule has 0 fully saturated rings. The van der Waals surface area contributed by atoms with Gasteiger partial charge in [0, 0.05) is 23.3 Å². The number of nitrogens with one attached hydrogen (secondary N) is 2. The van der Waals surface area contributed by atoms with E-state index in [0.29, 0.717) is 0 Å². The maximum absolute atomic E-state index is 13.0. The van der Waals surface area contributed by atoms with E-state index in [-0.39, 0.29) is 43.2 Å². The molecule has 4 aromatic rings. The number of hydrogen-bond acceptors (Lipinski definition) is 8. The summed E-state index contributed by atoms with van der Waals surface area (Å²) in [5.41, 5.74) is 8.47. The molecule has 0 radical (unpaired) electrons. The van der Waals surface area contributed by atoms with E-state index >= 15 is 0 Å². The van der Waals surface area contributed by atoms with Gasteiger partial charge >= 0.3 is 24.1 Å². The Morgan fingerprint density at radius 3 is 1.42 bits per heavy atom. The van der Waals surface area contributed by atoms with Gasteiger partial charge in [0.25, 0.3) is 0 Å². The second-order valence-corrected chi connectivity index (χ2v) is 12.9. The summed E-state index contributed by atoms with van der Waals surface area (Å²) < 4.78 is 16.3. The molecule has 0 aliphatic heterocycles. The molecule has 2 aliphatic rings. The first-order valence-electron chi connectivity index (χ1n) is 16.2. The second kappa shape index (κ2) is 15.8. The first-order chi connectivity index (χ1) is 24.4. The number of fused-ring (bicyclic) bond motifs is 6. The summed E-state index contributed by atoms with van der Waals surface area (Å²) in [5.74, 6) is -2.53. The van der Waals surface area contributed by atoms with E-state index in [1.165, 1.54) is 6.08 Å². The molecule has 4 aromatic carbocycles. The third kappa shape index (κ3) is 7.52. The van der Waals surface area contributed by atoms with Crippen molar-refractivity contribution < 1.29 is 38.5 Å². The fraction of sp³-hybridized carbons (Fsp3) is 0.231. The van der Waals surface area contributed by atoms with Gasteiger partial charge in [-0.1, -0.05) is 110 Å². The quantitative estimate of drug-likeness (QED) is 0.0784. The average Bonchev–Trinajstić information content (AvgIpc) is 3.63. The Morgan fingerprint density at radius 1 is 0.640 bits per heavy atom. The zero-order valence-corrected chi connectivity index (χ0v) is 27.9. The number of aliphatic carboxylic acids is 1. The standard InChI is InChI=1S/C39H36N2O8S/c1-2-19-47-37(44)35(41-39(46)49-21-33-30-17-9-5-13-26(30)27-14-6-10-18-31(27)33)23-50-22-34(36(42)43)40-38(45)48-20-32-28-15-7-3-11-24(28)25-12-4-8-16-29(25)32/h2-18,32-35H,1,19-23H2,(H,40,45)(H,41,46)(H,42,43)/t34-,35-/m1/s1. The summed E-state index contributed by atoms with van der Waals surface area (Å²) in [6, 6.07) is 29.2. The van der Waals surface area contributed by atoms with Crippen LogP contribution in [0, 0.1) is 0 Å². The van der Waals surface area contributed by atoms with Crippen LogP contribution in [0.1, 0.15) is 34.1 Å². The molecular weight excluding hydrogens is 657 g/mol. The molecule has 2 amide bonds. The normalized spacial score (nSPS) is 13.8. The van der Waals surface area contributed by atoms with Crippen molar-refractivity contribution in [3.63, 3.8) is 0 Å². The maximum Gasteiger partial charge on any atom is 0.407 e. The lowest BCUT2D eigenvalue weighted by atomic mass is 9.98. The highest BCUT2D eigenvalue weighted by Crippen LogP contribution is 2.45. The molecule has 2 aliphatic carbocycles. The minimum absolute atomic E-state index is 0.0284. The topological polar surface area (TPSA) is 140 Å². The Balaban J connectivity index is 1.02. The van der Waals surface area contributed by atoms with E-state index in [1.54, 1.807) is 0 Å². The van der Waals surface area contributed by atoms with E-state index in [4.69, 9.17) is 14.2 Å². The van der Waals surface area contributed by atoms with Crippen LogP contribution in [0.2, 0.25) is 0 Å². The van der Waals surface area contributed by atoms with Crippen LogP contribution >= 0.6 is 11.8 Å². The predicted octanol–water partition coefficient (Wildman–Crippen LogP) is 6.35. The van der Waals surface area contributed by atoms with Gasteiger partial charge in [-0.05, 0) is 44.5 Å². The number of carbonyl (C=O) groups is 4. The Hall–Kier alpha value is -5.55. The molecule has 0 spiro atoms. The Bertz CT molecular complexity index is 1820. The third-order valence-corrected chi connectivity index (χ3v) is 9.90. The zero-order valence-electron chi connectivity index (χ0n) is 27.1. The number of carboxylic acid groups (broad SMARTS) is 1. The van der Waals surface area contributed by atoms with Gasteiger partial charge in [-0.2, -0.15) is 11.8 Å². The number of amides is 2. The average molecular weight is 693 g/mol. The van der Waals surface area contributed by atoms with Crippen molar-refractivity contribution in [3.05, 3.63) is 132 Å². The number of alkyl carbamates (subject to hydrolysis) is 2. The lowest BCUT2D eigenvalue weighted by Gasteiger charge is -2.20. The summed E-state index contributed by atoms with van der Waals surface area (Å²) in [6.45, 7) is 3.55. The molecule has 0 unspecified atom stereocenters. The van der Waals surface area contributed by atoms with Crippen molar-refractivity contribution in [2.45, 2.75) is 23.9 Å². The highest BCUT2D eigenvalue weighted by molar-refractivity contribution is 7.99. The number of thioether (sulfide) groups is 1. The smallest absolute Gasteiger partial charge is 0.407 e. The van der Waals surface area contributed by atoms with Gasteiger partial charge in [-0.25, -0.2) is 19.2 Å². The number of esters is 1. The molecule has 10 nitrogen and oxygen atoms in total. The number of ether oxygens (including phenoxy) is 3. The van der Waals surface area contributed by atoms with Gasteiger partial charge in [0.15, 0.2) is 0 Å². The summed E-state index contributed by atoms with van der Waals surface area (Å²) in [6.07, 6.45) is -0.299. The molecule has 3 N–H and O–H groups in total. The highest BCUT2D eigenvalue weighted by Gasteiger charge is 2.32. The van der Waals surface area contributed by atoms with E-state index in [1.807, 2.05) is 97.1 Å². The first-order valence-corrected chi connectivity index (χ1v) is 17.3. The molecule has 11 heteroatoms. The second-order valence-electron chi connectivity index (χ2n) is 11.8. The van der Waals surface area contributed by atoms with E-state index in [9.17, 15) is 24.3 Å². The zero-order chi connectivity index (χ0) is 35.0. The number of carbonyl (C=O) groups excluding carboxylic acids is 3. The summed E-state index contributed by atoms with van der Waals surface area (Å²) in [4.78, 5) is 50.6. The lowest BCUT2D eigenvalue weighted by Crippen LogP contribution is -2.46. The van der Waals surface area contributed by atoms with Gasteiger partial charge in [-0.15, -0.1) is 0 Å². The van der Waals surface area contributed by atoms with E-state index < -0.39 is 36.2 Å². The van der Waals surface area contributed by atoms with E-state index in [2.05, 4.69) is 17.2 Å². The van der Waals surface area contributed by atoms with Crippen LogP contribution in [0.15, 0.2) is 110 Å². The van der Waals surface area contributed by atoms with Crippen LogP contribution in [-0.2, 0) is 23.8 Å². The van der Waals surface area contributed by atoms with Crippen molar-refractivity contribution in [3.8, 4) is 22.3 Å². The number of carboxylic acids is 1. The Labute approximate surface area is 293 Å². The van der Waals surface area contributed by atoms with Crippen molar-refractivity contribution in [1.82, 2.24) is 10.6 Å². The molecule has 6 rings (SSSR count). The summed E-state index contributed by atoms with van der Waals surface area (Å²) >= 11 is 1.05. The van der Waals surface area contributed by atoms with Crippen LogP contribution in [0.3, 0.4) is 0 Å². The van der Waals surface area contributed by atoms with Gasteiger partial charge in [-0.3, -0.25) is 0 Å². The van der Waals surface area contributed by atoms with Crippen LogP contribution in [0.4, 0.5) is 9.59 Å². The number of rotatable bonds is 14.